The van der Waals surface area contributed by atoms with Crippen LogP contribution in [0.15, 0.2) is 47.5 Å². The maximum atomic E-state index is 12.1. The van der Waals surface area contributed by atoms with Gasteiger partial charge in [-0.2, -0.15) is 0 Å². The van der Waals surface area contributed by atoms with E-state index in [9.17, 15) is 4.79 Å². The maximum Gasteiger partial charge on any atom is 0.262 e. The monoisotopic (exact) mass is 377 g/mol. The number of halogens is 2. The van der Waals surface area contributed by atoms with E-state index in [0.717, 1.165) is 30.9 Å². The largest absolute Gasteiger partial charge is 0.482 e. The third kappa shape index (κ3) is 4.87. The van der Waals surface area contributed by atoms with Gasteiger partial charge in [-0.25, -0.2) is 0 Å². The first-order valence-electron chi connectivity index (χ1n) is 7.88. The average Bonchev–Trinajstić information content (AvgIpc) is 2.62. The van der Waals surface area contributed by atoms with Crippen molar-refractivity contribution >= 4 is 40.6 Å². The van der Waals surface area contributed by atoms with Gasteiger partial charge in [0.2, 0.25) is 0 Å². The van der Waals surface area contributed by atoms with Crippen molar-refractivity contribution in [3.8, 4) is 5.75 Å². The molecular weight excluding hydrogens is 361 g/mol. The van der Waals surface area contributed by atoms with Gasteiger partial charge in [0.1, 0.15) is 11.6 Å². The van der Waals surface area contributed by atoms with Gasteiger partial charge in [-0.1, -0.05) is 35.3 Å². The fourth-order valence-corrected chi connectivity index (χ4v) is 2.87. The van der Waals surface area contributed by atoms with Crippen LogP contribution in [0.1, 0.15) is 12.0 Å². The quantitative estimate of drug-likeness (QED) is 0.833. The summed E-state index contributed by atoms with van der Waals surface area (Å²) in [4.78, 5) is 16.6. The predicted octanol–water partition coefficient (Wildman–Crippen LogP) is 3.75. The summed E-state index contributed by atoms with van der Waals surface area (Å²) < 4.78 is 5.43. The highest BCUT2D eigenvalue weighted by molar-refractivity contribution is 6.35. The van der Waals surface area contributed by atoms with Crippen LogP contribution < -0.4 is 15.4 Å². The maximum absolute atomic E-state index is 12.1. The molecule has 0 atom stereocenters. The molecule has 0 unspecified atom stereocenters. The van der Waals surface area contributed by atoms with Crippen LogP contribution in [0, 0.1) is 0 Å². The topological polar surface area (TPSA) is 62.7 Å². The van der Waals surface area contributed by atoms with Gasteiger partial charge in [0.25, 0.3) is 5.91 Å². The molecule has 2 aromatic rings. The minimum Gasteiger partial charge on any atom is -0.482 e. The van der Waals surface area contributed by atoms with Gasteiger partial charge >= 0.3 is 0 Å². The summed E-state index contributed by atoms with van der Waals surface area (Å²) in [7, 11) is 0. The van der Waals surface area contributed by atoms with Crippen LogP contribution in [0.2, 0.25) is 10.0 Å². The fourth-order valence-electron chi connectivity index (χ4n) is 2.40. The number of nitrogens with one attached hydrogen (secondary N) is 2. The van der Waals surface area contributed by atoms with E-state index in [1.807, 2.05) is 24.3 Å². The second kappa shape index (κ2) is 8.23. The number of rotatable bonds is 5. The number of hydrogen-bond donors (Lipinski definition) is 2. The molecule has 7 heteroatoms. The van der Waals surface area contributed by atoms with Crippen LogP contribution in [0.5, 0.6) is 5.75 Å². The summed E-state index contributed by atoms with van der Waals surface area (Å²) in [5.74, 6) is 0.990. The van der Waals surface area contributed by atoms with E-state index >= 15 is 0 Å². The highest BCUT2D eigenvalue weighted by atomic mass is 35.5. The second-order valence-corrected chi connectivity index (χ2v) is 6.35. The van der Waals surface area contributed by atoms with E-state index in [1.165, 1.54) is 0 Å². The molecular formula is C18H17Cl2N3O2. The molecule has 2 N–H and O–H groups in total. The summed E-state index contributed by atoms with van der Waals surface area (Å²) in [5.41, 5.74) is 1.63. The zero-order valence-electron chi connectivity index (χ0n) is 13.4. The van der Waals surface area contributed by atoms with Gasteiger partial charge < -0.3 is 15.4 Å². The molecule has 1 amide bonds. The van der Waals surface area contributed by atoms with Crippen LogP contribution in [0.4, 0.5) is 5.69 Å². The van der Waals surface area contributed by atoms with Crippen molar-refractivity contribution in [1.29, 1.82) is 0 Å². The third-order valence-corrected chi connectivity index (χ3v) is 4.10. The Kier molecular flexibility index (Phi) is 5.79. The van der Waals surface area contributed by atoms with Crippen molar-refractivity contribution in [2.75, 3.05) is 25.0 Å². The summed E-state index contributed by atoms with van der Waals surface area (Å²) in [5, 5.41) is 6.94. The molecule has 0 spiro atoms. The number of amidine groups is 1. The van der Waals surface area contributed by atoms with E-state index < -0.39 is 0 Å². The minimum absolute atomic E-state index is 0.148. The molecule has 0 radical (unpaired) electrons. The van der Waals surface area contributed by atoms with Gasteiger partial charge in [-0.15, -0.1) is 0 Å². The van der Waals surface area contributed by atoms with Crippen LogP contribution in [0.25, 0.3) is 0 Å². The van der Waals surface area contributed by atoms with Gasteiger partial charge in [-0.05, 0) is 36.8 Å². The first-order valence-corrected chi connectivity index (χ1v) is 8.64. The Morgan fingerprint density at radius 3 is 2.88 bits per heavy atom. The van der Waals surface area contributed by atoms with Crippen LogP contribution >= 0.6 is 23.2 Å². The summed E-state index contributed by atoms with van der Waals surface area (Å²) >= 11 is 11.9. The zero-order chi connectivity index (χ0) is 17.6. The first kappa shape index (κ1) is 17.6. The number of nitrogens with zero attached hydrogens (tertiary/aromatic N) is 1. The van der Waals surface area contributed by atoms with Crippen molar-refractivity contribution in [2.24, 2.45) is 4.99 Å². The Bertz CT molecular complexity index is 809. The number of aliphatic imine (C=N–C) groups is 1. The first-order chi connectivity index (χ1) is 12.1. The van der Waals surface area contributed by atoms with Gasteiger partial charge in [0, 0.05) is 29.4 Å². The molecule has 25 heavy (non-hydrogen) atoms. The van der Waals surface area contributed by atoms with E-state index in [1.54, 1.807) is 18.2 Å². The summed E-state index contributed by atoms with van der Waals surface area (Å²) in [6.07, 6.45) is 1.03. The molecule has 130 valence electrons. The van der Waals surface area contributed by atoms with Gasteiger partial charge in [0.05, 0.1) is 5.02 Å². The molecule has 0 bridgehead atoms. The molecule has 0 fully saturated rings. The molecule has 0 saturated heterocycles. The van der Waals surface area contributed by atoms with E-state index in [-0.39, 0.29) is 12.5 Å². The average molecular weight is 378 g/mol. The fraction of sp³-hybridized carbons (Fsp3) is 0.222. The number of anilines is 1. The number of carbonyl (C=O) groups is 1. The number of hydrogen-bond acceptors (Lipinski definition) is 4. The Balaban J connectivity index is 1.60. The lowest BCUT2D eigenvalue weighted by atomic mass is 10.1. The van der Waals surface area contributed by atoms with Crippen LogP contribution in [-0.2, 0) is 4.79 Å². The third-order valence-electron chi connectivity index (χ3n) is 3.57. The Morgan fingerprint density at radius 2 is 2.12 bits per heavy atom. The second-order valence-electron chi connectivity index (χ2n) is 5.50. The number of ether oxygens (including phenoxy) is 1. The highest BCUT2D eigenvalue weighted by Gasteiger charge is 2.10. The smallest absolute Gasteiger partial charge is 0.262 e. The molecule has 1 aliphatic heterocycles. The molecule has 1 aliphatic rings. The Hall–Kier alpha value is -2.24. The lowest BCUT2D eigenvalue weighted by Gasteiger charge is -2.15. The number of carbonyl (C=O) groups excluding carboxylic acids is 1. The van der Waals surface area contributed by atoms with Crippen molar-refractivity contribution < 1.29 is 9.53 Å². The van der Waals surface area contributed by atoms with Gasteiger partial charge in [-0.3, -0.25) is 9.79 Å². The number of benzene rings is 2. The molecule has 0 saturated carbocycles. The lowest BCUT2D eigenvalue weighted by Crippen LogP contribution is -2.30. The standard InChI is InChI=1S/C18H17Cl2N3O2/c19-13-5-6-16(15(20)10-13)25-11-17(24)23-14-4-1-3-12(9-14)18-21-7-2-8-22-18/h1,3-6,9-10H,2,7-8,11H2,(H,21,22)(H,23,24). The van der Waals surface area contributed by atoms with Crippen LogP contribution in [-0.4, -0.2) is 31.4 Å². The van der Waals surface area contributed by atoms with Crippen molar-refractivity contribution in [1.82, 2.24) is 5.32 Å². The van der Waals surface area contributed by atoms with Crippen LogP contribution in [0.3, 0.4) is 0 Å². The molecule has 3 rings (SSSR count). The Labute approximate surface area is 156 Å². The van der Waals surface area contributed by atoms with E-state index in [0.29, 0.717) is 21.5 Å². The Morgan fingerprint density at radius 1 is 1.24 bits per heavy atom. The van der Waals surface area contributed by atoms with Gasteiger partial charge in [0.15, 0.2) is 6.61 Å². The van der Waals surface area contributed by atoms with Crippen molar-refractivity contribution in [3.05, 3.63) is 58.1 Å². The molecule has 2 aromatic carbocycles. The molecule has 0 aliphatic carbocycles. The predicted molar refractivity (Wildman–Crippen MR) is 101 cm³/mol. The zero-order valence-corrected chi connectivity index (χ0v) is 14.9. The van der Waals surface area contributed by atoms with E-state index in [2.05, 4.69) is 15.6 Å². The lowest BCUT2D eigenvalue weighted by molar-refractivity contribution is -0.118. The molecule has 5 nitrogen and oxygen atoms in total. The molecule has 0 aromatic heterocycles. The molecule has 1 heterocycles. The minimum atomic E-state index is -0.276. The van der Waals surface area contributed by atoms with Crippen molar-refractivity contribution in [3.63, 3.8) is 0 Å². The highest BCUT2D eigenvalue weighted by Crippen LogP contribution is 2.27. The summed E-state index contributed by atoms with van der Waals surface area (Å²) in [6, 6.07) is 12.4. The van der Waals surface area contributed by atoms with E-state index in [4.69, 9.17) is 27.9 Å². The normalized spacial score (nSPS) is 13.6. The summed E-state index contributed by atoms with van der Waals surface area (Å²) in [6.45, 7) is 1.57. The SMILES string of the molecule is O=C(COc1ccc(Cl)cc1Cl)Nc1cccc(C2=NCCCN2)c1. The van der Waals surface area contributed by atoms with Crippen molar-refractivity contribution in [2.45, 2.75) is 6.42 Å². The number of amides is 1.